The van der Waals surface area contributed by atoms with Crippen molar-refractivity contribution >= 4 is 47.1 Å². The number of aliphatic hydroxyl groups excluding tert-OH is 2. The number of ether oxygens (including phenoxy) is 5. The van der Waals surface area contributed by atoms with Gasteiger partial charge in [0, 0.05) is 37.7 Å². The fourth-order valence-electron chi connectivity index (χ4n) is 14.2. The lowest BCUT2D eigenvalue weighted by atomic mass is 9.44. The van der Waals surface area contributed by atoms with Crippen molar-refractivity contribution in [1.29, 1.82) is 0 Å². The van der Waals surface area contributed by atoms with Gasteiger partial charge >= 0.3 is 29.8 Å². The number of fused-ring (bicyclic) bond motifs is 6. The smallest absolute Gasteiger partial charge is 0.338 e. The SMILES string of the molecule is C=C(c1ccc(C(=O)O)cc1)c1cc2c(cc1C)C(C)(C)CCC2(C)C.CC(=O)O[C@H]1C(=O)[C@@]2(C)[C@H]([C@H](OC(=O)c3ccccc3)[C@]3(O)C[C@H](OC(=O)[C@H](O)[C@@H](NC(=O)c4ccccc4)c4ccccc4)C(C)=C1C3(C)C)[C@]1(OC(C)=O)CO[C@@H]1C[C@@H]2O. The molecule has 10 rings (SSSR count). The molecule has 3 fully saturated rings. The minimum atomic E-state index is -2.39. The van der Waals surface area contributed by atoms with Crippen LogP contribution in [0.5, 0.6) is 0 Å². The van der Waals surface area contributed by atoms with E-state index >= 15 is 4.79 Å². The molecule has 2 bridgehead atoms. The lowest BCUT2D eigenvalue weighted by Gasteiger charge is -2.67. The molecule has 5 aromatic carbocycles. The number of nitrogens with one attached hydrogen (secondary N) is 1. The summed E-state index contributed by atoms with van der Waals surface area (Å²) in [5.41, 5.74) is 0.772. The number of carbonyl (C=O) groups is 7. The summed E-state index contributed by atoms with van der Waals surface area (Å²) in [6.45, 7) is 23.7. The summed E-state index contributed by atoms with van der Waals surface area (Å²) in [4.78, 5) is 94.5. The number of carbonyl (C=O) groups excluding carboxylic acids is 6. The zero-order valence-corrected chi connectivity index (χ0v) is 51.7. The molecule has 4 aliphatic carbocycles. The first-order valence-electron chi connectivity index (χ1n) is 29.7. The van der Waals surface area contributed by atoms with Gasteiger partial charge in [0.1, 0.15) is 23.9 Å². The summed E-state index contributed by atoms with van der Waals surface area (Å²) in [5.74, 6) is -7.75. The number of esters is 4. The molecule has 11 atom stereocenters. The number of hydrogen-bond donors (Lipinski definition) is 5. The maximum absolute atomic E-state index is 15.5. The summed E-state index contributed by atoms with van der Waals surface area (Å²) < 4.78 is 30.3. The maximum atomic E-state index is 15.5. The Balaban J connectivity index is 0.000000294. The second kappa shape index (κ2) is 24.1. The van der Waals surface area contributed by atoms with Gasteiger partial charge in [0.2, 0.25) is 0 Å². The molecule has 17 nitrogen and oxygen atoms in total. The number of ketones is 1. The molecule has 88 heavy (non-hydrogen) atoms. The van der Waals surface area contributed by atoms with E-state index in [1.54, 1.807) is 105 Å². The van der Waals surface area contributed by atoms with Gasteiger partial charge in [0.25, 0.3) is 5.91 Å². The highest BCUT2D eigenvalue weighted by molar-refractivity contribution is 5.96. The molecule has 1 saturated heterocycles. The Labute approximate surface area is 513 Å². The summed E-state index contributed by atoms with van der Waals surface area (Å²) >= 11 is 0. The average Bonchev–Trinajstić information content (AvgIpc) is 0.673. The molecule has 5 aliphatic rings. The van der Waals surface area contributed by atoms with Crippen LogP contribution in [-0.2, 0) is 53.7 Å². The number of amides is 1. The van der Waals surface area contributed by atoms with E-state index in [1.807, 2.05) is 12.1 Å². The number of carboxylic acids is 1. The highest BCUT2D eigenvalue weighted by Crippen LogP contribution is 2.64. The number of Topliss-reactive ketones (excluding diaryl/α,β-unsaturated/α-hetero) is 1. The summed E-state index contributed by atoms with van der Waals surface area (Å²) in [7, 11) is 0. The molecular formula is C71H79NO16. The highest BCUT2D eigenvalue weighted by Gasteiger charge is 2.78. The highest BCUT2D eigenvalue weighted by atomic mass is 16.6. The average molecular weight is 1200 g/mol. The van der Waals surface area contributed by atoms with Gasteiger partial charge in [0.05, 0.1) is 41.2 Å². The van der Waals surface area contributed by atoms with Gasteiger partial charge in [-0.2, -0.15) is 0 Å². The largest absolute Gasteiger partial charge is 0.478 e. The standard InChI is InChI=1S/C47H51NO14.C24H28O2/c1-25-31(60-43(56)36(52)35(28-16-10-7-11-17-28)48-41(54)29-18-12-8-13-19-29)23-47(57)40(61-42(55)30-20-14-9-15-21-30)38-45(6,32(51)22-33-46(38,24-58-33)62-27(3)50)39(53)37(59-26(2)49)34(25)44(47,4)5;1-15-13-20-21(24(5,6)12-11-23(20,3)4)14-19(15)16(2)17-7-9-18(10-8-17)22(25)26/h7-21,31-33,35-38,40,51-52,57H,22-24H2,1-6H3,(H,48,54);7-10,13-14H,2,11-12H2,1,3-6H3,(H,25,26)/t31-,32-,33+,35-,36+,37+,38-,40-,45+,46-,47+;/m0./s1. The number of hydrogen-bond acceptors (Lipinski definition) is 15. The Bertz CT molecular complexity index is 3590. The molecule has 2 saturated carbocycles. The van der Waals surface area contributed by atoms with Gasteiger partial charge in [0.15, 0.2) is 23.6 Å². The van der Waals surface area contributed by atoms with Crippen molar-refractivity contribution < 1.29 is 77.7 Å². The normalized spacial score (nSPS) is 27.6. The third-order valence-corrected chi connectivity index (χ3v) is 19.5. The quantitative estimate of drug-likeness (QED) is 0.0417. The predicted molar refractivity (Wildman–Crippen MR) is 326 cm³/mol. The van der Waals surface area contributed by atoms with E-state index < -0.39 is 119 Å². The van der Waals surface area contributed by atoms with Crippen molar-refractivity contribution in [2.24, 2.45) is 16.7 Å². The molecular weight excluding hydrogens is 1120 g/mol. The Hall–Kier alpha value is -8.09. The molecule has 0 radical (unpaired) electrons. The molecule has 5 N–H and O–H groups in total. The van der Waals surface area contributed by atoms with Crippen molar-refractivity contribution in [2.75, 3.05) is 6.61 Å². The lowest BCUT2D eigenvalue weighted by Crippen LogP contribution is -2.82. The zero-order valence-electron chi connectivity index (χ0n) is 51.7. The molecule has 0 aromatic heterocycles. The minimum absolute atomic E-state index is 0.00289. The number of carboxylic acid groups (broad SMARTS) is 1. The first-order chi connectivity index (χ1) is 41.3. The molecule has 464 valence electrons. The van der Waals surface area contributed by atoms with Gasteiger partial charge in [-0.1, -0.05) is 139 Å². The number of aryl methyl sites for hydroxylation is 1. The number of rotatable bonds is 13. The third-order valence-electron chi connectivity index (χ3n) is 19.5. The van der Waals surface area contributed by atoms with Crippen LogP contribution in [0.4, 0.5) is 0 Å². The Morgan fingerprint density at radius 2 is 1.25 bits per heavy atom. The van der Waals surface area contributed by atoms with Gasteiger partial charge in [-0.05, 0) is 131 Å². The van der Waals surface area contributed by atoms with E-state index in [1.165, 1.54) is 55.5 Å². The summed E-state index contributed by atoms with van der Waals surface area (Å²) in [6, 6.07) is 34.6. The minimum Gasteiger partial charge on any atom is -0.478 e. The van der Waals surface area contributed by atoms with Crippen molar-refractivity contribution in [3.05, 3.63) is 195 Å². The van der Waals surface area contributed by atoms with Gasteiger partial charge < -0.3 is 49.4 Å². The van der Waals surface area contributed by atoms with Crippen molar-refractivity contribution in [2.45, 2.75) is 167 Å². The van der Waals surface area contributed by atoms with Crippen LogP contribution in [0, 0.1) is 23.7 Å². The van der Waals surface area contributed by atoms with E-state index in [0.29, 0.717) is 11.1 Å². The second-order valence-corrected chi connectivity index (χ2v) is 26.2. The fraction of sp³-hybridized carbons (Fsp3) is 0.423. The summed E-state index contributed by atoms with van der Waals surface area (Å²) in [6.07, 6.45) is -8.14. The molecule has 1 aliphatic heterocycles. The van der Waals surface area contributed by atoms with Crippen molar-refractivity contribution in [3.8, 4) is 0 Å². The van der Waals surface area contributed by atoms with Crippen LogP contribution in [0.2, 0.25) is 0 Å². The molecule has 0 spiro atoms. The third kappa shape index (κ3) is 11.5. The van der Waals surface area contributed by atoms with Crippen LogP contribution < -0.4 is 5.32 Å². The van der Waals surface area contributed by atoms with E-state index in [-0.39, 0.29) is 46.1 Å². The second-order valence-electron chi connectivity index (χ2n) is 26.2. The molecule has 5 aromatic rings. The summed E-state index contributed by atoms with van der Waals surface area (Å²) in [5, 5.41) is 49.3. The van der Waals surface area contributed by atoms with E-state index in [4.69, 9.17) is 28.8 Å². The fourth-order valence-corrected chi connectivity index (χ4v) is 14.2. The first-order valence-corrected chi connectivity index (χ1v) is 29.7. The first kappa shape index (κ1) is 64.4. The predicted octanol–water partition coefficient (Wildman–Crippen LogP) is 9.84. The molecule has 1 amide bonds. The van der Waals surface area contributed by atoms with E-state index in [0.717, 1.165) is 30.5 Å². The van der Waals surface area contributed by atoms with Crippen LogP contribution in [0.25, 0.3) is 5.57 Å². The van der Waals surface area contributed by atoms with Crippen LogP contribution in [0.1, 0.15) is 165 Å². The van der Waals surface area contributed by atoms with Crippen LogP contribution in [-0.4, -0.2) is 116 Å². The monoisotopic (exact) mass is 1200 g/mol. The van der Waals surface area contributed by atoms with Gasteiger partial charge in [-0.3, -0.25) is 19.2 Å². The van der Waals surface area contributed by atoms with Gasteiger partial charge in [-0.25, -0.2) is 14.4 Å². The number of benzene rings is 5. The number of aromatic carboxylic acids is 1. The van der Waals surface area contributed by atoms with E-state index in [2.05, 4.69) is 58.6 Å². The molecule has 1 heterocycles. The topological polar surface area (TPSA) is 259 Å². The van der Waals surface area contributed by atoms with Crippen LogP contribution >= 0.6 is 0 Å². The van der Waals surface area contributed by atoms with Crippen LogP contribution in [0.15, 0.2) is 145 Å². The van der Waals surface area contributed by atoms with Crippen LogP contribution in [0.3, 0.4) is 0 Å². The van der Waals surface area contributed by atoms with Crippen molar-refractivity contribution in [3.63, 3.8) is 0 Å². The zero-order chi connectivity index (χ0) is 64.2. The maximum Gasteiger partial charge on any atom is 0.338 e. The molecule has 17 heteroatoms. The Morgan fingerprint density at radius 1 is 0.705 bits per heavy atom. The van der Waals surface area contributed by atoms with E-state index in [9.17, 15) is 44.1 Å². The number of aliphatic hydroxyl groups is 3. The lowest BCUT2D eigenvalue weighted by molar-refractivity contribution is -0.346. The van der Waals surface area contributed by atoms with Crippen molar-refractivity contribution in [1.82, 2.24) is 5.32 Å². The Morgan fingerprint density at radius 3 is 1.78 bits per heavy atom. The van der Waals surface area contributed by atoms with Gasteiger partial charge in [-0.15, -0.1) is 0 Å². The molecule has 0 unspecified atom stereocenters. The Kier molecular flexibility index (Phi) is 17.6.